The van der Waals surface area contributed by atoms with Crippen molar-refractivity contribution in [3.63, 3.8) is 0 Å². The van der Waals surface area contributed by atoms with Crippen molar-refractivity contribution in [3.05, 3.63) is 78.1 Å². The first-order valence-electron chi connectivity index (χ1n) is 10.3. The number of aryl methyl sites for hydroxylation is 3. The van der Waals surface area contributed by atoms with Gasteiger partial charge in [0.1, 0.15) is 5.69 Å². The minimum Gasteiger partial charge on any atom is -0.359 e. The predicted octanol–water partition coefficient (Wildman–Crippen LogP) is 5.13. The van der Waals surface area contributed by atoms with E-state index in [0.717, 1.165) is 62.9 Å². The van der Waals surface area contributed by atoms with Gasteiger partial charge in [-0.15, -0.1) is 10.2 Å². The number of rotatable bonds is 5. The van der Waals surface area contributed by atoms with E-state index in [1.54, 1.807) is 0 Å². The Kier molecular flexibility index (Phi) is 4.71. The molecule has 0 saturated heterocycles. The summed E-state index contributed by atoms with van der Waals surface area (Å²) in [5, 5.41) is 13.4. The summed E-state index contributed by atoms with van der Waals surface area (Å²) < 4.78 is 2.01. The summed E-state index contributed by atoms with van der Waals surface area (Å²) in [4.78, 5) is 12.5. The summed E-state index contributed by atoms with van der Waals surface area (Å²) >= 11 is 0. The van der Waals surface area contributed by atoms with Crippen molar-refractivity contribution in [2.45, 2.75) is 27.2 Å². The molecule has 0 radical (unpaired) electrons. The lowest BCUT2D eigenvalue weighted by Gasteiger charge is -2.11. The average molecular weight is 409 g/mol. The molecular weight excluding hydrogens is 386 g/mol. The molecule has 0 unspecified atom stereocenters. The van der Waals surface area contributed by atoms with E-state index in [1.807, 2.05) is 67.5 Å². The van der Waals surface area contributed by atoms with Crippen LogP contribution in [0.1, 0.15) is 23.9 Å². The SMILES string of the molecule is CCc1nc(-c2cc(C)c(Nc3c[nH]c4ccccc34)nn2)ccc1-n1cnc(C)c1. The number of hydrogen-bond donors (Lipinski definition) is 2. The van der Waals surface area contributed by atoms with Gasteiger partial charge in [-0.25, -0.2) is 9.97 Å². The summed E-state index contributed by atoms with van der Waals surface area (Å²) in [6.07, 6.45) is 6.59. The number of anilines is 2. The molecule has 5 rings (SSSR count). The van der Waals surface area contributed by atoms with Gasteiger partial charge in [0, 0.05) is 23.3 Å². The minimum absolute atomic E-state index is 0.731. The van der Waals surface area contributed by atoms with Crippen LogP contribution in [0.3, 0.4) is 0 Å². The van der Waals surface area contributed by atoms with Gasteiger partial charge < -0.3 is 14.9 Å². The molecule has 4 heterocycles. The van der Waals surface area contributed by atoms with Crippen LogP contribution in [0.4, 0.5) is 11.5 Å². The van der Waals surface area contributed by atoms with E-state index in [2.05, 4.69) is 44.5 Å². The van der Waals surface area contributed by atoms with Crippen LogP contribution in [-0.2, 0) is 6.42 Å². The zero-order valence-electron chi connectivity index (χ0n) is 17.7. The zero-order valence-corrected chi connectivity index (χ0v) is 17.7. The van der Waals surface area contributed by atoms with Crippen molar-refractivity contribution in [1.82, 2.24) is 29.7 Å². The van der Waals surface area contributed by atoms with Crippen molar-refractivity contribution in [2.24, 2.45) is 0 Å². The molecule has 0 amide bonds. The lowest BCUT2D eigenvalue weighted by atomic mass is 10.1. The van der Waals surface area contributed by atoms with Gasteiger partial charge in [0.05, 0.1) is 34.8 Å². The first kappa shape index (κ1) is 19.0. The number of benzene rings is 1. The second-order valence-electron chi connectivity index (χ2n) is 7.57. The normalized spacial score (nSPS) is 11.2. The van der Waals surface area contributed by atoms with Gasteiger partial charge in [0.15, 0.2) is 5.82 Å². The Morgan fingerprint density at radius 2 is 1.90 bits per heavy atom. The smallest absolute Gasteiger partial charge is 0.156 e. The summed E-state index contributed by atoms with van der Waals surface area (Å²) in [7, 11) is 0. The minimum atomic E-state index is 0.731. The number of para-hydroxylation sites is 1. The van der Waals surface area contributed by atoms with Crippen molar-refractivity contribution in [2.75, 3.05) is 5.32 Å². The van der Waals surface area contributed by atoms with Gasteiger partial charge in [-0.3, -0.25) is 0 Å². The molecule has 0 spiro atoms. The van der Waals surface area contributed by atoms with Crippen LogP contribution in [0.25, 0.3) is 28.0 Å². The van der Waals surface area contributed by atoms with Gasteiger partial charge >= 0.3 is 0 Å². The Morgan fingerprint density at radius 3 is 2.68 bits per heavy atom. The summed E-state index contributed by atoms with van der Waals surface area (Å²) in [6, 6.07) is 14.2. The van der Waals surface area contributed by atoms with E-state index in [1.165, 1.54) is 0 Å². The second kappa shape index (κ2) is 7.68. The predicted molar refractivity (Wildman–Crippen MR) is 123 cm³/mol. The number of aromatic amines is 1. The van der Waals surface area contributed by atoms with Gasteiger partial charge in [-0.2, -0.15) is 0 Å². The lowest BCUT2D eigenvalue weighted by molar-refractivity contribution is 0.945. The first-order chi connectivity index (χ1) is 15.1. The topological polar surface area (TPSA) is 84.3 Å². The fourth-order valence-corrected chi connectivity index (χ4v) is 3.72. The first-order valence-corrected chi connectivity index (χ1v) is 10.3. The molecule has 2 N–H and O–H groups in total. The molecule has 0 fully saturated rings. The Morgan fingerprint density at radius 1 is 1.03 bits per heavy atom. The number of pyridine rings is 1. The highest BCUT2D eigenvalue weighted by atomic mass is 15.2. The lowest BCUT2D eigenvalue weighted by Crippen LogP contribution is -2.03. The van der Waals surface area contributed by atoms with Gasteiger partial charge in [0.25, 0.3) is 0 Å². The van der Waals surface area contributed by atoms with Crippen LogP contribution in [-0.4, -0.2) is 29.7 Å². The molecular formula is C24H23N7. The summed E-state index contributed by atoms with van der Waals surface area (Å²) in [6.45, 7) is 6.11. The van der Waals surface area contributed by atoms with E-state index in [0.29, 0.717) is 0 Å². The van der Waals surface area contributed by atoms with Crippen molar-refractivity contribution >= 4 is 22.4 Å². The molecule has 0 atom stereocenters. The number of aromatic nitrogens is 6. The van der Waals surface area contributed by atoms with E-state index in [-0.39, 0.29) is 0 Å². The third-order valence-corrected chi connectivity index (χ3v) is 5.36. The molecule has 0 saturated carbocycles. The monoisotopic (exact) mass is 409 g/mol. The highest BCUT2D eigenvalue weighted by Crippen LogP contribution is 2.28. The van der Waals surface area contributed by atoms with E-state index in [9.17, 15) is 0 Å². The van der Waals surface area contributed by atoms with Crippen molar-refractivity contribution in [1.29, 1.82) is 0 Å². The number of hydrogen-bond acceptors (Lipinski definition) is 5. The van der Waals surface area contributed by atoms with Gasteiger partial charge in [-0.1, -0.05) is 25.1 Å². The maximum absolute atomic E-state index is 4.86. The fraction of sp³-hybridized carbons (Fsp3) is 0.167. The standard InChI is InChI=1S/C24H23N7/c1-4-18-23(31-13-16(3)26-14-31)10-9-20(27-18)21-11-15(2)24(30-29-21)28-22-12-25-19-8-6-5-7-17(19)22/h5-14,25H,4H2,1-3H3,(H,28,30). The van der Waals surface area contributed by atoms with Crippen molar-refractivity contribution < 1.29 is 0 Å². The molecule has 0 aliphatic rings. The maximum atomic E-state index is 4.86. The average Bonchev–Trinajstić information content (AvgIpc) is 3.41. The molecule has 5 aromatic rings. The third kappa shape index (κ3) is 3.54. The van der Waals surface area contributed by atoms with E-state index in [4.69, 9.17) is 4.98 Å². The Hall–Kier alpha value is -4.00. The number of imidazole rings is 1. The maximum Gasteiger partial charge on any atom is 0.156 e. The molecule has 31 heavy (non-hydrogen) atoms. The zero-order chi connectivity index (χ0) is 21.4. The molecule has 1 aromatic carbocycles. The molecule has 154 valence electrons. The summed E-state index contributed by atoms with van der Waals surface area (Å²) in [5.74, 6) is 0.731. The number of nitrogens with one attached hydrogen (secondary N) is 2. The number of nitrogens with zero attached hydrogens (tertiary/aromatic N) is 5. The number of H-pyrrole nitrogens is 1. The second-order valence-corrected chi connectivity index (χ2v) is 7.57. The third-order valence-electron chi connectivity index (χ3n) is 5.36. The van der Waals surface area contributed by atoms with Crippen LogP contribution in [0.15, 0.2) is 61.2 Å². The van der Waals surface area contributed by atoms with Crippen LogP contribution in [0, 0.1) is 13.8 Å². The largest absolute Gasteiger partial charge is 0.359 e. The highest BCUT2D eigenvalue weighted by Gasteiger charge is 2.12. The Bertz CT molecular complexity index is 1380. The quantitative estimate of drug-likeness (QED) is 0.420. The molecule has 4 aromatic heterocycles. The molecule has 0 bridgehead atoms. The Labute approximate surface area is 180 Å². The fourth-order valence-electron chi connectivity index (χ4n) is 3.72. The summed E-state index contributed by atoms with van der Waals surface area (Å²) in [5.41, 5.74) is 7.64. The van der Waals surface area contributed by atoms with Gasteiger partial charge in [-0.05, 0) is 50.1 Å². The van der Waals surface area contributed by atoms with Crippen LogP contribution in [0.2, 0.25) is 0 Å². The number of fused-ring (bicyclic) bond motifs is 1. The van der Waals surface area contributed by atoms with Crippen LogP contribution >= 0.6 is 0 Å². The van der Waals surface area contributed by atoms with Crippen molar-refractivity contribution in [3.8, 4) is 17.1 Å². The molecule has 7 nitrogen and oxygen atoms in total. The van der Waals surface area contributed by atoms with E-state index < -0.39 is 0 Å². The van der Waals surface area contributed by atoms with Crippen LogP contribution in [0.5, 0.6) is 0 Å². The Balaban J connectivity index is 1.45. The van der Waals surface area contributed by atoms with E-state index >= 15 is 0 Å². The molecule has 0 aliphatic heterocycles. The highest BCUT2D eigenvalue weighted by molar-refractivity contribution is 5.93. The van der Waals surface area contributed by atoms with Gasteiger partial charge in [0.2, 0.25) is 0 Å². The van der Waals surface area contributed by atoms with Crippen LogP contribution < -0.4 is 5.32 Å². The molecule has 7 heteroatoms. The molecule has 0 aliphatic carbocycles.